The van der Waals surface area contributed by atoms with Gasteiger partial charge in [0.15, 0.2) is 5.92 Å². The Morgan fingerprint density at radius 2 is 1.77 bits per heavy atom. The predicted octanol–water partition coefficient (Wildman–Crippen LogP) is 3.36. The second-order valence-corrected chi connectivity index (χ2v) is 6.53. The third kappa shape index (κ3) is 4.67. The van der Waals surface area contributed by atoms with Gasteiger partial charge in [0, 0.05) is 11.1 Å². The Labute approximate surface area is 178 Å². The van der Waals surface area contributed by atoms with E-state index in [2.05, 4.69) is 9.98 Å². The molecule has 158 valence electrons. The fourth-order valence-electron chi connectivity index (χ4n) is 3.19. The maximum Gasteiger partial charge on any atom is 0.326 e. The van der Waals surface area contributed by atoms with E-state index >= 15 is 0 Å². The molecule has 7 nitrogen and oxygen atoms in total. The van der Waals surface area contributed by atoms with Crippen LogP contribution in [0.2, 0.25) is 0 Å². The maximum atomic E-state index is 14.6. The first-order valence-electron chi connectivity index (χ1n) is 9.74. The van der Waals surface area contributed by atoms with Gasteiger partial charge in [0.05, 0.1) is 48.5 Å². The number of carbonyl (C=O) groups excluding carboxylic acids is 2. The molecule has 1 heterocycles. The summed E-state index contributed by atoms with van der Waals surface area (Å²) in [4.78, 5) is 34.0. The minimum Gasteiger partial charge on any atom is -0.465 e. The van der Waals surface area contributed by atoms with Crippen LogP contribution in [0.3, 0.4) is 0 Å². The zero-order valence-corrected chi connectivity index (χ0v) is 17.1. The SMILES string of the molecule is CCOC(=O)C(C(=O)OCC)C1=Nc2ccc(C#N)cc2C(c2ccccc2F)=NC1. The Morgan fingerprint density at radius 1 is 1.10 bits per heavy atom. The molecule has 0 radical (unpaired) electrons. The van der Waals surface area contributed by atoms with E-state index in [1.165, 1.54) is 6.07 Å². The molecule has 0 aromatic heterocycles. The van der Waals surface area contributed by atoms with Gasteiger partial charge in [0.2, 0.25) is 0 Å². The number of halogens is 1. The number of fused-ring (bicyclic) bond motifs is 1. The molecular formula is C23H20FN3O4. The average molecular weight is 421 g/mol. The van der Waals surface area contributed by atoms with Crippen molar-refractivity contribution in [1.29, 1.82) is 5.26 Å². The van der Waals surface area contributed by atoms with Crippen LogP contribution in [0, 0.1) is 23.1 Å². The monoisotopic (exact) mass is 421 g/mol. The van der Waals surface area contributed by atoms with Crippen LogP contribution in [-0.2, 0) is 19.1 Å². The number of nitrogens with zero attached hydrogens (tertiary/aromatic N) is 3. The molecule has 8 heteroatoms. The summed E-state index contributed by atoms with van der Waals surface area (Å²) in [5.41, 5.74) is 1.73. The van der Waals surface area contributed by atoms with Crippen molar-refractivity contribution in [3.05, 3.63) is 65.0 Å². The molecule has 1 aliphatic rings. The molecule has 0 aliphatic carbocycles. The average Bonchev–Trinajstić information content (AvgIpc) is 2.93. The molecule has 0 N–H and O–H groups in total. The fraction of sp³-hybridized carbons (Fsp3) is 0.261. The molecule has 0 atom stereocenters. The van der Waals surface area contributed by atoms with Crippen molar-refractivity contribution in [2.45, 2.75) is 13.8 Å². The third-order valence-electron chi connectivity index (χ3n) is 4.55. The lowest BCUT2D eigenvalue weighted by atomic mass is 9.98. The first kappa shape index (κ1) is 21.8. The van der Waals surface area contributed by atoms with Crippen molar-refractivity contribution in [1.82, 2.24) is 0 Å². The van der Waals surface area contributed by atoms with Gasteiger partial charge in [-0.25, -0.2) is 4.39 Å². The Morgan fingerprint density at radius 3 is 2.39 bits per heavy atom. The van der Waals surface area contributed by atoms with Gasteiger partial charge in [0.1, 0.15) is 5.82 Å². The number of ether oxygens (including phenoxy) is 2. The van der Waals surface area contributed by atoms with Gasteiger partial charge >= 0.3 is 11.9 Å². The van der Waals surface area contributed by atoms with Crippen molar-refractivity contribution in [3.63, 3.8) is 0 Å². The molecule has 0 saturated carbocycles. The molecule has 0 bridgehead atoms. The van der Waals surface area contributed by atoms with Crippen molar-refractivity contribution < 1.29 is 23.5 Å². The highest BCUT2D eigenvalue weighted by atomic mass is 19.1. The Bertz CT molecular complexity index is 1100. The van der Waals surface area contributed by atoms with E-state index in [0.717, 1.165) is 0 Å². The quantitative estimate of drug-likeness (QED) is 0.526. The van der Waals surface area contributed by atoms with Crippen molar-refractivity contribution in [2.75, 3.05) is 19.8 Å². The topological polar surface area (TPSA) is 101 Å². The molecule has 0 unspecified atom stereocenters. The van der Waals surface area contributed by atoms with E-state index in [4.69, 9.17) is 9.47 Å². The van der Waals surface area contributed by atoms with Crippen molar-refractivity contribution in [3.8, 4) is 6.07 Å². The van der Waals surface area contributed by atoms with Crippen LogP contribution in [-0.4, -0.2) is 43.1 Å². The molecule has 0 amide bonds. The summed E-state index contributed by atoms with van der Waals surface area (Å²) < 4.78 is 24.7. The van der Waals surface area contributed by atoms with E-state index in [1.807, 2.05) is 6.07 Å². The second-order valence-electron chi connectivity index (χ2n) is 6.53. The number of aliphatic imine (C=N–C) groups is 2. The summed E-state index contributed by atoms with van der Waals surface area (Å²) >= 11 is 0. The van der Waals surface area contributed by atoms with E-state index in [-0.39, 0.29) is 36.7 Å². The largest absolute Gasteiger partial charge is 0.465 e. The standard InChI is InChI=1S/C23H20FN3O4/c1-3-30-22(28)20(23(29)31-4-2)19-13-26-21(15-7-5-6-8-17(15)24)16-11-14(12-25)9-10-18(16)27-19/h5-11,20H,3-4,13H2,1-2H3. The van der Waals surface area contributed by atoms with Crippen LogP contribution in [0.25, 0.3) is 0 Å². The molecule has 0 saturated heterocycles. The Hall–Kier alpha value is -3.86. The molecule has 2 aromatic rings. The van der Waals surface area contributed by atoms with Gasteiger partial charge in [-0.15, -0.1) is 0 Å². The highest BCUT2D eigenvalue weighted by Crippen LogP contribution is 2.29. The Balaban J connectivity index is 2.18. The van der Waals surface area contributed by atoms with Gasteiger partial charge in [-0.2, -0.15) is 5.26 Å². The number of benzene rings is 2. The number of hydrogen-bond acceptors (Lipinski definition) is 7. The smallest absolute Gasteiger partial charge is 0.326 e. The first-order chi connectivity index (χ1) is 15.0. The molecule has 1 aliphatic heterocycles. The second kappa shape index (κ2) is 9.76. The first-order valence-corrected chi connectivity index (χ1v) is 9.74. The minimum absolute atomic E-state index is 0.0773. The lowest BCUT2D eigenvalue weighted by Gasteiger charge is -2.15. The highest BCUT2D eigenvalue weighted by Gasteiger charge is 2.36. The number of nitriles is 1. The van der Waals surface area contributed by atoms with E-state index < -0.39 is 23.7 Å². The number of rotatable bonds is 6. The maximum absolute atomic E-state index is 14.6. The summed E-state index contributed by atoms with van der Waals surface area (Å²) in [6.07, 6.45) is 0. The van der Waals surface area contributed by atoms with Crippen LogP contribution < -0.4 is 0 Å². The number of carbonyl (C=O) groups is 2. The van der Waals surface area contributed by atoms with Crippen LogP contribution in [0.1, 0.15) is 30.5 Å². The zero-order chi connectivity index (χ0) is 22.4. The lowest BCUT2D eigenvalue weighted by Crippen LogP contribution is -2.36. The summed E-state index contributed by atoms with van der Waals surface area (Å²) in [7, 11) is 0. The molecule has 2 aromatic carbocycles. The van der Waals surface area contributed by atoms with Gasteiger partial charge in [0.25, 0.3) is 0 Å². The number of hydrogen-bond donors (Lipinski definition) is 0. The van der Waals surface area contributed by atoms with Crippen LogP contribution >= 0.6 is 0 Å². The van der Waals surface area contributed by atoms with Gasteiger partial charge < -0.3 is 9.47 Å². The van der Waals surface area contributed by atoms with Gasteiger partial charge in [-0.05, 0) is 44.2 Å². The third-order valence-corrected chi connectivity index (χ3v) is 4.55. The minimum atomic E-state index is -1.40. The highest BCUT2D eigenvalue weighted by molar-refractivity contribution is 6.22. The van der Waals surface area contributed by atoms with Crippen LogP contribution in [0.15, 0.2) is 52.4 Å². The number of esters is 2. The summed E-state index contributed by atoms with van der Waals surface area (Å²) in [5, 5.41) is 9.30. The normalized spacial score (nSPS) is 12.7. The Kier molecular flexibility index (Phi) is 6.88. The molecule has 3 rings (SSSR count). The van der Waals surface area contributed by atoms with Crippen LogP contribution in [0.5, 0.6) is 0 Å². The van der Waals surface area contributed by atoms with Crippen molar-refractivity contribution >= 4 is 29.0 Å². The molecule has 31 heavy (non-hydrogen) atoms. The summed E-state index contributed by atoms with van der Waals surface area (Å²) in [5.74, 6) is -3.48. The van der Waals surface area contributed by atoms with E-state index in [1.54, 1.807) is 50.2 Å². The lowest BCUT2D eigenvalue weighted by molar-refractivity contribution is -0.157. The van der Waals surface area contributed by atoms with E-state index in [9.17, 15) is 19.2 Å². The molecular weight excluding hydrogens is 401 g/mol. The van der Waals surface area contributed by atoms with Gasteiger partial charge in [-0.3, -0.25) is 19.6 Å². The zero-order valence-electron chi connectivity index (χ0n) is 17.1. The molecule has 0 fully saturated rings. The fourth-order valence-corrected chi connectivity index (χ4v) is 3.19. The molecule has 0 spiro atoms. The van der Waals surface area contributed by atoms with Gasteiger partial charge in [-0.1, -0.05) is 12.1 Å². The van der Waals surface area contributed by atoms with Crippen LogP contribution in [0.4, 0.5) is 10.1 Å². The predicted molar refractivity (Wildman–Crippen MR) is 112 cm³/mol. The summed E-state index contributed by atoms with van der Waals surface area (Å²) in [6, 6.07) is 12.8. The summed E-state index contributed by atoms with van der Waals surface area (Å²) in [6.45, 7) is 3.26. The van der Waals surface area contributed by atoms with E-state index in [0.29, 0.717) is 16.8 Å². The van der Waals surface area contributed by atoms with Crippen molar-refractivity contribution in [2.24, 2.45) is 15.9 Å².